The van der Waals surface area contributed by atoms with Gasteiger partial charge >= 0.3 is 5.97 Å². The Kier molecular flexibility index (Phi) is 4.44. The van der Waals surface area contributed by atoms with Gasteiger partial charge < -0.3 is 10.5 Å². The van der Waals surface area contributed by atoms with E-state index in [0.29, 0.717) is 0 Å². The van der Waals surface area contributed by atoms with Crippen LogP contribution in [0.2, 0.25) is 0 Å². The number of rotatable bonds is 1. The highest BCUT2D eigenvalue weighted by Crippen LogP contribution is 2.08. The van der Waals surface area contributed by atoms with Gasteiger partial charge in [-0.1, -0.05) is 17.7 Å². The van der Waals surface area contributed by atoms with Gasteiger partial charge in [-0.25, -0.2) is 4.79 Å². The Bertz CT molecular complexity index is 523. The molecular formula is C11H16NO5S+. The third-order valence-electron chi connectivity index (χ3n) is 2.49. The first-order valence-corrected chi connectivity index (χ1v) is 6.73. The van der Waals surface area contributed by atoms with Gasteiger partial charge in [-0.15, -0.1) is 0 Å². The van der Waals surface area contributed by atoms with E-state index in [1.54, 1.807) is 12.1 Å². The zero-order valence-corrected chi connectivity index (χ0v) is 11.0. The van der Waals surface area contributed by atoms with Gasteiger partial charge in [0.25, 0.3) is 10.1 Å². The van der Waals surface area contributed by atoms with Crippen LogP contribution in [0, 0.1) is 6.92 Å². The zero-order valence-electron chi connectivity index (χ0n) is 10.2. The molecule has 1 saturated heterocycles. The fourth-order valence-electron chi connectivity index (χ4n) is 1.18. The lowest BCUT2D eigenvalue weighted by atomic mass is 10.1. The second-order valence-corrected chi connectivity index (χ2v) is 5.46. The van der Waals surface area contributed by atoms with Crippen molar-refractivity contribution >= 4 is 16.1 Å². The Morgan fingerprint density at radius 1 is 1.28 bits per heavy atom. The van der Waals surface area contributed by atoms with Gasteiger partial charge in [0, 0.05) is 0 Å². The van der Waals surface area contributed by atoms with E-state index in [0.717, 1.165) is 5.56 Å². The molecule has 1 aliphatic rings. The molecule has 0 saturated carbocycles. The van der Waals surface area contributed by atoms with Crippen molar-refractivity contribution in [2.75, 3.05) is 0 Å². The normalized spacial score (nSPS) is 22.3. The van der Waals surface area contributed by atoms with E-state index in [4.69, 9.17) is 4.55 Å². The van der Waals surface area contributed by atoms with Crippen molar-refractivity contribution in [3.63, 3.8) is 0 Å². The molecule has 0 radical (unpaired) electrons. The number of esters is 1. The van der Waals surface area contributed by atoms with Crippen LogP contribution < -0.4 is 5.73 Å². The summed E-state index contributed by atoms with van der Waals surface area (Å²) in [6.45, 7) is 3.67. The Balaban J connectivity index is 0.000000199. The summed E-state index contributed by atoms with van der Waals surface area (Å²) in [7, 11) is -4.02. The van der Waals surface area contributed by atoms with Gasteiger partial charge in [0.05, 0.1) is 4.90 Å². The molecule has 0 spiro atoms. The SMILES string of the molecule is C[C@@H]1OC(=O)[C@@H]1[NH3+].Cc1ccc(S(=O)(=O)O)cc1. The predicted molar refractivity (Wildman–Crippen MR) is 63.2 cm³/mol. The minimum atomic E-state index is -4.02. The summed E-state index contributed by atoms with van der Waals surface area (Å²) < 4.78 is 34.1. The number of hydrogen-bond acceptors (Lipinski definition) is 4. The minimum absolute atomic E-state index is 0.0486. The average molecular weight is 274 g/mol. The number of ether oxygens (including phenoxy) is 1. The number of carbonyl (C=O) groups excluding carboxylic acids is 1. The van der Waals surface area contributed by atoms with Crippen molar-refractivity contribution in [2.24, 2.45) is 0 Å². The topological polar surface area (TPSA) is 108 Å². The second-order valence-electron chi connectivity index (χ2n) is 4.04. The van der Waals surface area contributed by atoms with Crippen LogP contribution in [0.5, 0.6) is 0 Å². The molecule has 1 aromatic rings. The summed E-state index contributed by atoms with van der Waals surface area (Å²) >= 11 is 0. The smallest absolute Gasteiger partial charge is 0.369 e. The number of carbonyl (C=O) groups is 1. The first-order chi connectivity index (χ1) is 8.21. The first kappa shape index (κ1) is 14.6. The van der Waals surface area contributed by atoms with Gasteiger partial charge in [0.2, 0.25) is 6.04 Å². The van der Waals surface area contributed by atoms with E-state index < -0.39 is 10.1 Å². The highest BCUT2D eigenvalue weighted by molar-refractivity contribution is 7.85. The van der Waals surface area contributed by atoms with Gasteiger partial charge in [-0.2, -0.15) is 8.42 Å². The monoisotopic (exact) mass is 274 g/mol. The summed E-state index contributed by atoms with van der Waals surface area (Å²) in [5, 5.41) is 0. The molecular weight excluding hydrogens is 258 g/mol. The van der Waals surface area contributed by atoms with Crippen LogP contribution in [-0.4, -0.2) is 31.1 Å². The molecule has 2 rings (SSSR count). The molecule has 7 heteroatoms. The van der Waals surface area contributed by atoms with E-state index in [-0.39, 0.29) is 23.0 Å². The summed E-state index contributed by atoms with van der Waals surface area (Å²) in [4.78, 5) is 10.1. The number of aryl methyl sites for hydroxylation is 1. The van der Waals surface area contributed by atoms with Crippen molar-refractivity contribution in [1.82, 2.24) is 0 Å². The van der Waals surface area contributed by atoms with Gasteiger partial charge in [-0.05, 0) is 26.0 Å². The fraction of sp³-hybridized carbons (Fsp3) is 0.364. The van der Waals surface area contributed by atoms with Crippen LogP contribution in [0.4, 0.5) is 0 Å². The molecule has 1 fully saturated rings. The number of hydrogen-bond donors (Lipinski definition) is 2. The second kappa shape index (κ2) is 5.47. The van der Waals surface area contributed by atoms with Crippen LogP contribution in [-0.2, 0) is 19.6 Å². The standard InChI is InChI=1S/C7H8O3S.C4H7NO2/c1-6-2-4-7(5-3-6)11(8,9)10;1-2-3(5)4(6)7-2/h2-5H,1H3,(H,8,9,10);2-3H,5H2,1H3/p+1/t;2-,3+/m.0/s1. The molecule has 0 bridgehead atoms. The third kappa shape index (κ3) is 3.80. The highest BCUT2D eigenvalue weighted by Gasteiger charge is 2.39. The summed E-state index contributed by atoms with van der Waals surface area (Å²) in [6.07, 6.45) is 0.0486. The Labute approximate surface area is 105 Å². The third-order valence-corrected chi connectivity index (χ3v) is 3.36. The van der Waals surface area contributed by atoms with E-state index in [1.165, 1.54) is 12.1 Å². The van der Waals surface area contributed by atoms with Crippen molar-refractivity contribution in [1.29, 1.82) is 0 Å². The van der Waals surface area contributed by atoms with Crippen LogP contribution in [0.25, 0.3) is 0 Å². The molecule has 0 unspecified atom stereocenters. The average Bonchev–Trinajstić information content (AvgIpc) is 2.29. The lowest BCUT2D eigenvalue weighted by Gasteiger charge is -2.25. The Morgan fingerprint density at radius 3 is 2.00 bits per heavy atom. The summed E-state index contributed by atoms with van der Waals surface area (Å²) in [6, 6.07) is 5.88. The molecule has 2 atom stereocenters. The number of cyclic esters (lactones) is 1. The van der Waals surface area contributed by atoms with E-state index in [9.17, 15) is 13.2 Å². The molecule has 6 nitrogen and oxygen atoms in total. The Morgan fingerprint density at radius 2 is 1.78 bits per heavy atom. The first-order valence-electron chi connectivity index (χ1n) is 5.29. The number of benzene rings is 1. The van der Waals surface area contributed by atoms with E-state index in [2.05, 4.69) is 10.5 Å². The fourth-order valence-corrected chi connectivity index (χ4v) is 1.66. The summed E-state index contributed by atoms with van der Waals surface area (Å²) in [5.74, 6) is -0.174. The maximum Gasteiger partial charge on any atom is 0.369 e. The molecule has 0 amide bonds. The minimum Gasteiger partial charge on any atom is -0.451 e. The molecule has 1 heterocycles. The van der Waals surface area contributed by atoms with Crippen molar-refractivity contribution < 1.29 is 28.2 Å². The van der Waals surface area contributed by atoms with Crippen molar-refractivity contribution in [3.05, 3.63) is 29.8 Å². The van der Waals surface area contributed by atoms with E-state index in [1.807, 2.05) is 13.8 Å². The van der Waals surface area contributed by atoms with Crippen LogP contribution in [0.3, 0.4) is 0 Å². The van der Waals surface area contributed by atoms with Crippen molar-refractivity contribution in [2.45, 2.75) is 30.9 Å². The molecule has 4 N–H and O–H groups in total. The quantitative estimate of drug-likeness (QED) is 0.544. The largest absolute Gasteiger partial charge is 0.451 e. The zero-order chi connectivity index (χ0) is 13.9. The van der Waals surface area contributed by atoms with Crippen LogP contribution in [0.15, 0.2) is 29.2 Å². The number of quaternary nitrogens is 1. The highest BCUT2D eigenvalue weighted by atomic mass is 32.2. The molecule has 100 valence electrons. The molecule has 1 aliphatic heterocycles. The Hall–Kier alpha value is -1.44. The molecule has 1 aromatic carbocycles. The maximum atomic E-state index is 10.5. The lowest BCUT2D eigenvalue weighted by molar-refractivity contribution is -0.447. The molecule has 18 heavy (non-hydrogen) atoms. The van der Waals surface area contributed by atoms with Crippen LogP contribution >= 0.6 is 0 Å². The van der Waals surface area contributed by atoms with Crippen LogP contribution in [0.1, 0.15) is 12.5 Å². The van der Waals surface area contributed by atoms with Gasteiger partial charge in [0.15, 0.2) is 6.10 Å². The molecule has 0 aliphatic carbocycles. The van der Waals surface area contributed by atoms with Crippen molar-refractivity contribution in [3.8, 4) is 0 Å². The lowest BCUT2D eigenvalue weighted by Crippen LogP contribution is -2.76. The predicted octanol–water partition coefficient (Wildman–Crippen LogP) is -0.216. The summed E-state index contributed by atoms with van der Waals surface area (Å²) in [5.41, 5.74) is 4.49. The maximum absolute atomic E-state index is 10.5. The van der Waals surface area contributed by atoms with E-state index >= 15 is 0 Å². The van der Waals surface area contributed by atoms with Gasteiger partial charge in [-0.3, -0.25) is 4.55 Å². The molecule has 0 aromatic heterocycles. The van der Waals surface area contributed by atoms with Gasteiger partial charge in [0.1, 0.15) is 0 Å².